The quantitative estimate of drug-likeness (QED) is 0.826. The molecule has 0 saturated heterocycles. The smallest absolute Gasteiger partial charge is 0.0515 e. The van der Waals surface area contributed by atoms with E-state index in [1.54, 1.807) is 13.0 Å². The highest BCUT2D eigenvalue weighted by atomic mass is 35.5. The van der Waals surface area contributed by atoms with E-state index in [0.29, 0.717) is 10.0 Å². The molecule has 0 amide bonds. The third-order valence-corrected chi connectivity index (χ3v) is 2.43. The third kappa shape index (κ3) is 3.55. The van der Waals surface area contributed by atoms with Crippen molar-refractivity contribution in [3.05, 3.63) is 33.8 Å². The van der Waals surface area contributed by atoms with E-state index in [1.807, 2.05) is 12.1 Å². The Labute approximate surface area is 88.3 Å². The van der Waals surface area contributed by atoms with Gasteiger partial charge in [-0.05, 0) is 37.5 Å². The summed E-state index contributed by atoms with van der Waals surface area (Å²) in [6.07, 6.45) is 1.22. The monoisotopic (exact) mass is 218 g/mol. The molecule has 3 heteroatoms. The summed E-state index contributed by atoms with van der Waals surface area (Å²) in [6.45, 7) is 1.77. The topological polar surface area (TPSA) is 20.2 Å². The second kappa shape index (κ2) is 4.85. The first-order valence-electron chi connectivity index (χ1n) is 4.21. The minimum Gasteiger partial charge on any atom is -0.393 e. The van der Waals surface area contributed by atoms with Crippen LogP contribution in [0.5, 0.6) is 0 Å². The van der Waals surface area contributed by atoms with E-state index in [9.17, 15) is 0 Å². The van der Waals surface area contributed by atoms with Crippen LogP contribution >= 0.6 is 23.2 Å². The van der Waals surface area contributed by atoms with Crippen molar-refractivity contribution < 1.29 is 5.11 Å². The van der Waals surface area contributed by atoms with Gasteiger partial charge in [-0.3, -0.25) is 0 Å². The molecule has 72 valence electrons. The van der Waals surface area contributed by atoms with Crippen LogP contribution in [0.3, 0.4) is 0 Å². The second-order valence-electron chi connectivity index (χ2n) is 3.12. The predicted molar refractivity (Wildman–Crippen MR) is 56.5 cm³/mol. The normalized spacial score (nSPS) is 12.9. The molecular formula is C10H12Cl2O. The summed E-state index contributed by atoms with van der Waals surface area (Å²) in [7, 11) is 0. The largest absolute Gasteiger partial charge is 0.393 e. The second-order valence-corrected chi connectivity index (χ2v) is 3.97. The molecule has 0 aliphatic heterocycles. The number of aryl methyl sites for hydroxylation is 1. The number of aliphatic hydroxyl groups excluding tert-OH is 1. The number of hydrogen-bond acceptors (Lipinski definition) is 1. The van der Waals surface area contributed by atoms with Gasteiger partial charge >= 0.3 is 0 Å². The average Bonchev–Trinajstić information content (AvgIpc) is 2.02. The fourth-order valence-electron chi connectivity index (χ4n) is 1.09. The molecule has 0 aliphatic rings. The van der Waals surface area contributed by atoms with Crippen LogP contribution in [0.1, 0.15) is 18.9 Å². The molecule has 0 fully saturated rings. The van der Waals surface area contributed by atoms with Gasteiger partial charge in [0.2, 0.25) is 0 Å². The van der Waals surface area contributed by atoms with Crippen molar-refractivity contribution in [2.45, 2.75) is 25.9 Å². The first-order chi connectivity index (χ1) is 6.09. The van der Waals surface area contributed by atoms with Crippen molar-refractivity contribution >= 4 is 23.2 Å². The lowest BCUT2D eigenvalue weighted by molar-refractivity contribution is 0.185. The van der Waals surface area contributed by atoms with E-state index in [1.165, 1.54) is 0 Å². The Bertz CT molecular complexity index is 284. The van der Waals surface area contributed by atoms with Crippen molar-refractivity contribution in [1.29, 1.82) is 0 Å². The Kier molecular flexibility index (Phi) is 4.04. The van der Waals surface area contributed by atoms with Crippen LogP contribution in [0.4, 0.5) is 0 Å². The first kappa shape index (κ1) is 10.8. The highest BCUT2D eigenvalue weighted by molar-refractivity contribution is 6.35. The van der Waals surface area contributed by atoms with Gasteiger partial charge in [-0.2, -0.15) is 0 Å². The molecule has 1 rings (SSSR count). The number of hydrogen-bond donors (Lipinski definition) is 1. The van der Waals surface area contributed by atoms with Gasteiger partial charge in [-0.25, -0.2) is 0 Å². The molecule has 0 bridgehead atoms. The molecule has 0 radical (unpaired) electrons. The highest BCUT2D eigenvalue weighted by Gasteiger charge is 2.02. The van der Waals surface area contributed by atoms with Crippen LogP contribution in [0.15, 0.2) is 18.2 Å². The Morgan fingerprint density at radius 3 is 2.62 bits per heavy atom. The van der Waals surface area contributed by atoms with Crippen LogP contribution in [-0.4, -0.2) is 11.2 Å². The maximum atomic E-state index is 9.09. The fourth-order valence-corrected chi connectivity index (χ4v) is 1.59. The summed E-state index contributed by atoms with van der Waals surface area (Å²) in [5, 5.41) is 10.4. The molecule has 0 aromatic heterocycles. The molecule has 0 saturated carbocycles. The van der Waals surface area contributed by atoms with E-state index in [2.05, 4.69) is 0 Å². The molecule has 13 heavy (non-hydrogen) atoms. The number of benzene rings is 1. The zero-order chi connectivity index (χ0) is 9.84. The van der Waals surface area contributed by atoms with Crippen LogP contribution < -0.4 is 0 Å². The molecule has 1 nitrogen and oxygen atoms in total. The van der Waals surface area contributed by atoms with E-state index >= 15 is 0 Å². The number of aliphatic hydroxyl groups is 1. The van der Waals surface area contributed by atoms with Crippen molar-refractivity contribution in [1.82, 2.24) is 0 Å². The lowest BCUT2D eigenvalue weighted by atomic mass is 10.1. The van der Waals surface area contributed by atoms with Gasteiger partial charge in [0.05, 0.1) is 6.10 Å². The van der Waals surface area contributed by atoms with Crippen molar-refractivity contribution in [2.24, 2.45) is 0 Å². The Morgan fingerprint density at radius 2 is 2.08 bits per heavy atom. The lowest BCUT2D eigenvalue weighted by Crippen LogP contribution is -2.01. The van der Waals surface area contributed by atoms with E-state index < -0.39 is 0 Å². The number of halogens is 2. The summed E-state index contributed by atoms with van der Waals surface area (Å²) in [4.78, 5) is 0. The molecule has 1 aromatic carbocycles. The van der Waals surface area contributed by atoms with Gasteiger partial charge in [0.25, 0.3) is 0 Å². The van der Waals surface area contributed by atoms with E-state index in [4.69, 9.17) is 28.3 Å². The molecule has 0 unspecified atom stereocenters. The molecular weight excluding hydrogens is 207 g/mol. The van der Waals surface area contributed by atoms with Crippen molar-refractivity contribution in [3.63, 3.8) is 0 Å². The maximum Gasteiger partial charge on any atom is 0.0515 e. The summed E-state index contributed by atoms with van der Waals surface area (Å²) < 4.78 is 0. The average molecular weight is 219 g/mol. The van der Waals surface area contributed by atoms with Gasteiger partial charge in [0.1, 0.15) is 0 Å². The summed E-state index contributed by atoms with van der Waals surface area (Å²) in [6, 6.07) is 5.43. The van der Waals surface area contributed by atoms with Gasteiger partial charge < -0.3 is 5.11 Å². The Hall–Kier alpha value is -0.240. The lowest BCUT2D eigenvalue weighted by Gasteiger charge is -2.06. The zero-order valence-electron chi connectivity index (χ0n) is 7.43. The van der Waals surface area contributed by atoms with Gasteiger partial charge in [0, 0.05) is 10.0 Å². The molecule has 0 aliphatic carbocycles. The summed E-state index contributed by atoms with van der Waals surface area (Å²) in [5.41, 5.74) is 1.03. The Balaban J connectivity index is 2.67. The third-order valence-electron chi connectivity index (χ3n) is 1.85. The minimum absolute atomic E-state index is 0.285. The van der Waals surface area contributed by atoms with Gasteiger partial charge in [-0.1, -0.05) is 29.3 Å². The van der Waals surface area contributed by atoms with Crippen LogP contribution in [0.25, 0.3) is 0 Å². The van der Waals surface area contributed by atoms with Crippen molar-refractivity contribution in [2.75, 3.05) is 0 Å². The molecule has 0 spiro atoms. The fraction of sp³-hybridized carbons (Fsp3) is 0.400. The van der Waals surface area contributed by atoms with E-state index in [-0.39, 0.29) is 6.10 Å². The van der Waals surface area contributed by atoms with Crippen LogP contribution in [0, 0.1) is 0 Å². The highest BCUT2D eigenvalue weighted by Crippen LogP contribution is 2.22. The maximum absolute atomic E-state index is 9.09. The van der Waals surface area contributed by atoms with Gasteiger partial charge in [-0.15, -0.1) is 0 Å². The van der Waals surface area contributed by atoms with Crippen molar-refractivity contribution in [3.8, 4) is 0 Å². The predicted octanol–water partition coefficient (Wildman–Crippen LogP) is 3.31. The molecule has 0 heterocycles. The molecule has 1 aromatic rings. The molecule has 1 N–H and O–H groups in total. The molecule has 1 atom stereocenters. The van der Waals surface area contributed by atoms with Crippen LogP contribution in [0.2, 0.25) is 10.0 Å². The Morgan fingerprint density at radius 1 is 1.38 bits per heavy atom. The first-order valence-corrected chi connectivity index (χ1v) is 4.97. The minimum atomic E-state index is -0.285. The SMILES string of the molecule is C[C@@H](O)CCc1ccc(Cl)cc1Cl. The zero-order valence-corrected chi connectivity index (χ0v) is 8.94. The summed E-state index contributed by atoms with van der Waals surface area (Å²) in [5.74, 6) is 0. The number of rotatable bonds is 3. The van der Waals surface area contributed by atoms with Crippen LogP contribution in [-0.2, 0) is 6.42 Å². The standard InChI is InChI=1S/C10H12Cl2O/c1-7(13)2-3-8-4-5-9(11)6-10(8)12/h4-7,13H,2-3H2,1H3/t7-/m1/s1. The van der Waals surface area contributed by atoms with Gasteiger partial charge in [0.15, 0.2) is 0 Å². The van der Waals surface area contributed by atoms with E-state index in [0.717, 1.165) is 18.4 Å². The summed E-state index contributed by atoms with van der Waals surface area (Å²) >= 11 is 11.7.